The highest BCUT2D eigenvalue weighted by molar-refractivity contribution is 8.00. The maximum Gasteiger partial charge on any atom is 0.242 e. The number of nitrogens with one attached hydrogen (secondary N) is 1. The van der Waals surface area contributed by atoms with Crippen LogP contribution in [-0.4, -0.2) is 26.1 Å². The molecule has 0 aliphatic rings. The molecule has 0 saturated heterocycles. The van der Waals surface area contributed by atoms with Gasteiger partial charge in [0.25, 0.3) is 0 Å². The topological polar surface area (TPSA) is 72.7 Å². The second-order valence-electron chi connectivity index (χ2n) is 6.86. The molecule has 0 spiro atoms. The number of thioether (sulfide) groups is 1. The van der Waals surface area contributed by atoms with Crippen molar-refractivity contribution in [3.63, 3.8) is 0 Å². The first-order valence-corrected chi connectivity index (χ1v) is 10.4. The predicted molar refractivity (Wildman–Crippen MR) is 119 cm³/mol. The minimum absolute atomic E-state index is 0.132. The van der Waals surface area contributed by atoms with Crippen molar-refractivity contribution >= 4 is 23.4 Å². The molecule has 7 heteroatoms. The van der Waals surface area contributed by atoms with E-state index in [2.05, 4.69) is 33.8 Å². The zero-order valence-electron chi connectivity index (χ0n) is 16.7. The maximum atomic E-state index is 13.2. The first kappa shape index (κ1) is 19.8. The van der Waals surface area contributed by atoms with E-state index in [1.54, 1.807) is 4.68 Å². The number of para-hydroxylation sites is 1. The van der Waals surface area contributed by atoms with E-state index in [0.717, 1.165) is 28.1 Å². The minimum Gasteiger partial charge on any atom is -0.325 e. The number of anilines is 1. The molecule has 0 radical (unpaired) electrons. The summed E-state index contributed by atoms with van der Waals surface area (Å²) in [5.41, 5.74) is 4.78. The Balaban J connectivity index is 1.68. The van der Waals surface area contributed by atoms with Crippen molar-refractivity contribution in [2.45, 2.75) is 24.3 Å². The molecule has 4 rings (SSSR count). The van der Waals surface area contributed by atoms with Gasteiger partial charge in [-0.05, 0) is 59.2 Å². The number of rotatable bonds is 6. The van der Waals surface area contributed by atoms with Crippen LogP contribution in [0.4, 0.5) is 5.69 Å². The second-order valence-corrected chi connectivity index (χ2v) is 7.93. The van der Waals surface area contributed by atoms with Crippen LogP contribution in [0.5, 0.6) is 0 Å². The number of carbonyl (C=O) groups is 1. The number of nitrogens with zero attached hydrogens (tertiary/aromatic N) is 4. The van der Waals surface area contributed by atoms with Crippen molar-refractivity contribution in [2.24, 2.45) is 0 Å². The van der Waals surface area contributed by atoms with Gasteiger partial charge in [-0.15, -0.1) is 5.10 Å². The number of tetrazole rings is 1. The lowest BCUT2D eigenvalue weighted by Crippen LogP contribution is -2.19. The molecule has 1 unspecified atom stereocenters. The number of aryl methyl sites for hydroxylation is 1. The molecular weight excluding hydrogens is 394 g/mol. The van der Waals surface area contributed by atoms with Gasteiger partial charge in [-0.25, -0.2) is 0 Å². The Bertz CT molecular complexity index is 1140. The highest BCUT2D eigenvalue weighted by atomic mass is 32.2. The van der Waals surface area contributed by atoms with Gasteiger partial charge in [-0.2, -0.15) is 4.68 Å². The summed E-state index contributed by atoms with van der Waals surface area (Å²) in [7, 11) is 0. The predicted octanol–water partition coefficient (Wildman–Crippen LogP) is 4.75. The molecule has 0 fully saturated rings. The molecule has 1 amide bonds. The summed E-state index contributed by atoms with van der Waals surface area (Å²) in [6.07, 6.45) is 0. The number of benzene rings is 3. The average Bonchev–Trinajstić information content (AvgIpc) is 3.23. The normalized spacial score (nSPS) is 11.8. The zero-order valence-corrected chi connectivity index (χ0v) is 17.5. The number of carbonyl (C=O) groups excluding carboxylic acids is 1. The fourth-order valence-electron chi connectivity index (χ4n) is 3.10. The Labute approximate surface area is 179 Å². The lowest BCUT2D eigenvalue weighted by molar-refractivity contribution is -0.115. The molecule has 0 aliphatic carbocycles. The molecule has 6 nitrogen and oxygen atoms in total. The van der Waals surface area contributed by atoms with Gasteiger partial charge >= 0.3 is 0 Å². The highest BCUT2D eigenvalue weighted by Crippen LogP contribution is 2.36. The number of amides is 1. The van der Waals surface area contributed by atoms with Crippen LogP contribution in [0.3, 0.4) is 0 Å². The van der Waals surface area contributed by atoms with Crippen LogP contribution < -0.4 is 5.32 Å². The quantitative estimate of drug-likeness (QED) is 0.460. The van der Waals surface area contributed by atoms with Gasteiger partial charge in [-0.3, -0.25) is 4.79 Å². The van der Waals surface area contributed by atoms with E-state index in [0.29, 0.717) is 5.16 Å². The smallest absolute Gasteiger partial charge is 0.242 e. The van der Waals surface area contributed by atoms with Crippen LogP contribution in [0.2, 0.25) is 0 Å². The molecule has 0 saturated carbocycles. The summed E-state index contributed by atoms with van der Waals surface area (Å²) in [5, 5.41) is 15.3. The number of aromatic nitrogens is 4. The van der Waals surface area contributed by atoms with Gasteiger partial charge in [0, 0.05) is 5.69 Å². The molecular formula is C23H21N5OS. The molecule has 1 aromatic heterocycles. The third-order valence-electron chi connectivity index (χ3n) is 4.85. The van der Waals surface area contributed by atoms with Crippen LogP contribution in [0.15, 0.2) is 84.0 Å². The van der Waals surface area contributed by atoms with E-state index in [-0.39, 0.29) is 5.91 Å². The number of hydrogen-bond donors (Lipinski definition) is 1. The second kappa shape index (κ2) is 8.92. The van der Waals surface area contributed by atoms with Crippen molar-refractivity contribution in [1.82, 2.24) is 20.2 Å². The largest absolute Gasteiger partial charge is 0.325 e. The van der Waals surface area contributed by atoms with Gasteiger partial charge < -0.3 is 5.32 Å². The summed E-state index contributed by atoms with van der Waals surface area (Å²) in [6.45, 7) is 4.09. The average molecular weight is 416 g/mol. The van der Waals surface area contributed by atoms with Crippen LogP contribution in [0.25, 0.3) is 5.69 Å². The third-order valence-corrected chi connectivity index (χ3v) is 6.04. The summed E-state index contributed by atoms with van der Waals surface area (Å²) < 4.78 is 1.69. The van der Waals surface area contributed by atoms with E-state index < -0.39 is 5.25 Å². The Morgan fingerprint density at radius 1 is 0.933 bits per heavy atom. The lowest BCUT2D eigenvalue weighted by Gasteiger charge is -2.17. The lowest BCUT2D eigenvalue weighted by atomic mass is 10.1. The molecule has 4 aromatic rings. The van der Waals surface area contributed by atoms with Gasteiger partial charge in [-0.1, -0.05) is 72.4 Å². The highest BCUT2D eigenvalue weighted by Gasteiger charge is 2.26. The molecule has 0 bridgehead atoms. The fraction of sp³-hybridized carbons (Fsp3) is 0.130. The summed E-state index contributed by atoms with van der Waals surface area (Å²) in [4.78, 5) is 13.2. The summed E-state index contributed by atoms with van der Waals surface area (Å²) in [6, 6.07) is 25.1. The molecule has 30 heavy (non-hydrogen) atoms. The van der Waals surface area contributed by atoms with Crippen LogP contribution in [-0.2, 0) is 4.79 Å². The van der Waals surface area contributed by atoms with Crippen LogP contribution in [0, 0.1) is 13.8 Å². The van der Waals surface area contributed by atoms with Gasteiger partial charge in [0.2, 0.25) is 11.1 Å². The van der Waals surface area contributed by atoms with Crippen LogP contribution >= 0.6 is 11.8 Å². The van der Waals surface area contributed by atoms with E-state index in [4.69, 9.17) is 0 Å². The molecule has 150 valence electrons. The Hall–Kier alpha value is -3.45. The molecule has 1 N–H and O–H groups in total. The van der Waals surface area contributed by atoms with Crippen molar-refractivity contribution < 1.29 is 4.79 Å². The molecule has 1 heterocycles. The van der Waals surface area contributed by atoms with E-state index in [1.807, 2.05) is 79.7 Å². The molecule has 3 aromatic carbocycles. The monoisotopic (exact) mass is 415 g/mol. The van der Waals surface area contributed by atoms with Gasteiger partial charge in [0.05, 0.1) is 5.69 Å². The molecule has 1 atom stereocenters. The SMILES string of the molecule is Cc1cccc(-n2nnnc2SC(C(=O)Nc2ccccc2)c2ccccc2)c1C. The van der Waals surface area contributed by atoms with Crippen LogP contribution in [0.1, 0.15) is 21.9 Å². The van der Waals surface area contributed by atoms with Crippen molar-refractivity contribution in [1.29, 1.82) is 0 Å². The first-order chi connectivity index (χ1) is 14.6. The van der Waals surface area contributed by atoms with Gasteiger partial charge in [0.15, 0.2) is 0 Å². The van der Waals surface area contributed by atoms with Crippen molar-refractivity contribution in [3.8, 4) is 5.69 Å². The van der Waals surface area contributed by atoms with E-state index in [1.165, 1.54) is 11.8 Å². The van der Waals surface area contributed by atoms with E-state index in [9.17, 15) is 4.79 Å². The van der Waals surface area contributed by atoms with Crippen molar-refractivity contribution in [2.75, 3.05) is 5.32 Å². The molecule has 0 aliphatic heterocycles. The van der Waals surface area contributed by atoms with E-state index >= 15 is 0 Å². The number of hydrogen-bond acceptors (Lipinski definition) is 5. The summed E-state index contributed by atoms with van der Waals surface area (Å²) >= 11 is 1.33. The van der Waals surface area contributed by atoms with Crippen molar-refractivity contribution in [3.05, 3.63) is 95.6 Å². The zero-order chi connectivity index (χ0) is 20.9. The Morgan fingerprint density at radius 2 is 1.63 bits per heavy atom. The maximum absolute atomic E-state index is 13.2. The Kier molecular flexibility index (Phi) is 5.90. The Morgan fingerprint density at radius 3 is 2.37 bits per heavy atom. The third kappa shape index (κ3) is 4.26. The standard InChI is InChI=1S/C23H21N5OS/c1-16-10-9-15-20(17(16)2)28-23(25-26-27-28)30-21(18-11-5-3-6-12-18)22(29)24-19-13-7-4-8-14-19/h3-15,21H,1-2H3,(H,24,29). The van der Waals surface area contributed by atoms with Gasteiger partial charge in [0.1, 0.15) is 5.25 Å². The first-order valence-electron chi connectivity index (χ1n) is 9.56. The summed E-state index contributed by atoms with van der Waals surface area (Å²) in [5.74, 6) is -0.132. The minimum atomic E-state index is -0.513. The fourth-order valence-corrected chi connectivity index (χ4v) is 4.09.